The van der Waals surface area contributed by atoms with E-state index in [4.69, 9.17) is 0 Å². The van der Waals surface area contributed by atoms with Gasteiger partial charge in [0, 0.05) is 12.1 Å². The number of aliphatic hydroxyl groups excluding tert-OH is 1. The molecule has 126 valence electrons. The average Bonchev–Trinajstić information content (AvgIpc) is 2.88. The standard InChI is InChI=1S/C21H19NO3/c1-3-13-22-18(15-7-5-4-6-8-15)17(20(24)21(22)25)19(23)16-11-9-14(2)10-12-16/h3-12,18,23H,1,13H2,2H3/b19-17+. The third-order valence-corrected chi connectivity index (χ3v) is 4.31. The van der Waals surface area contributed by atoms with Crippen molar-refractivity contribution in [1.82, 2.24) is 4.90 Å². The van der Waals surface area contributed by atoms with Crippen molar-refractivity contribution < 1.29 is 14.7 Å². The lowest BCUT2D eigenvalue weighted by molar-refractivity contribution is -0.139. The molecule has 0 spiro atoms. The summed E-state index contributed by atoms with van der Waals surface area (Å²) in [6, 6.07) is 15.8. The first-order chi connectivity index (χ1) is 12.0. The van der Waals surface area contributed by atoms with Crippen molar-refractivity contribution in [3.05, 3.63) is 89.5 Å². The van der Waals surface area contributed by atoms with E-state index in [0.717, 1.165) is 11.1 Å². The lowest BCUT2D eigenvalue weighted by atomic mass is 9.95. The molecule has 3 rings (SSSR count). The van der Waals surface area contributed by atoms with Crippen LogP contribution in [0.3, 0.4) is 0 Å². The Hall–Kier alpha value is -3.14. The second kappa shape index (κ2) is 6.77. The Balaban J connectivity index is 2.19. The van der Waals surface area contributed by atoms with E-state index >= 15 is 0 Å². The van der Waals surface area contributed by atoms with Gasteiger partial charge < -0.3 is 10.0 Å². The third-order valence-electron chi connectivity index (χ3n) is 4.31. The summed E-state index contributed by atoms with van der Waals surface area (Å²) < 4.78 is 0. The molecule has 2 aromatic carbocycles. The number of hydrogen-bond donors (Lipinski definition) is 1. The molecule has 1 aliphatic rings. The van der Waals surface area contributed by atoms with Crippen LogP contribution in [0.1, 0.15) is 22.7 Å². The van der Waals surface area contributed by atoms with Gasteiger partial charge in [0.15, 0.2) is 0 Å². The maximum Gasteiger partial charge on any atom is 0.295 e. The van der Waals surface area contributed by atoms with E-state index < -0.39 is 17.7 Å². The molecule has 0 bridgehead atoms. The second-order valence-corrected chi connectivity index (χ2v) is 6.02. The molecule has 1 saturated heterocycles. The van der Waals surface area contributed by atoms with Gasteiger partial charge in [-0.3, -0.25) is 9.59 Å². The molecule has 25 heavy (non-hydrogen) atoms. The molecule has 1 amide bonds. The Morgan fingerprint density at radius 3 is 2.36 bits per heavy atom. The summed E-state index contributed by atoms with van der Waals surface area (Å²) in [5.74, 6) is -1.45. The first kappa shape index (κ1) is 16.7. The molecular weight excluding hydrogens is 314 g/mol. The van der Waals surface area contributed by atoms with E-state index in [2.05, 4.69) is 6.58 Å². The number of carbonyl (C=O) groups is 2. The van der Waals surface area contributed by atoms with Crippen LogP contribution in [0.5, 0.6) is 0 Å². The molecule has 1 atom stereocenters. The molecule has 1 N–H and O–H groups in total. The second-order valence-electron chi connectivity index (χ2n) is 6.02. The van der Waals surface area contributed by atoms with Crippen LogP contribution >= 0.6 is 0 Å². The van der Waals surface area contributed by atoms with Gasteiger partial charge in [0.1, 0.15) is 5.76 Å². The number of amides is 1. The van der Waals surface area contributed by atoms with Crippen molar-refractivity contribution in [3.8, 4) is 0 Å². The number of hydrogen-bond acceptors (Lipinski definition) is 3. The Kier molecular flexibility index (Phi) is 4.52. The van der Waals surface area contributed by atoms with Crippen molar-refractivity contribution in [2.75, 3.05) is 6.54 Å². The predicted octanol–water partition coefficient (Wildman–Crippen LogP) is 3.60. The van der Waals surface area contributed by atoms with Gasteiger partial charge in [-0.1, -0.05) is 66.2 Å². The zero-order valence-electron chi connectivity index (χ0n) is 14.0. The van der Waals surface area contributed by atoms with E-state index in [-0.39, 0.29) is 17.9 Å². The van der Waals surface area contributed by atoms with Crippen LogP contribution in [0.25, 0.3) is 5.76 Å². The van der Waals surface area contributed by atoms with E-state index in [1.54, 1.807) is 18.2 Å². The molecule has 4 heteroatoms. The molecule has 0 radical (unpaired) electrons. The van der Waals surface area contributed by atoms with Gasteiger partial charge in [-0.05, 0) is 12.5 Å². The van der Waals surface area contributed by atoms with Crippen molar-refractivity contribution in [3.63, 3.8) is 0 Å². The third kappa shape index (κ3) is 2.98. The molecule has 1 fully saturated rings. The molecular formula is C21H19NO3. The minimum Gasteiger partial charge on any atom is -0.507 e. The van der Waals surface area contributed by atoms with Crippen molar-refractivity contribution in [1.29, 1.82) is 0 Å². The fourth-order valence-electron chi connectivity index (χ4n) is 3.06. The van der Waals surface area contributed by atoms with Crippen LogP contribution in [-0.2, 0) is 9.59 Å². The molecule has 4 nitrogen and oxygen atoms in total. The normalized spacial score (nSPS) is 19.2. The highest BCUT2D eigenvalue weighted by Gasteiger charge is 2.45. The van der Waals surface area contributed by atoms with Crippen LogP contribution < -0.4 is 0 Å². The number of aliphatic hydroxyl groups is 1. The van der Waals surface area contributed by atoms with Crippen LogP contribution in [0.15, 0.2) is 72.8 Å². The zero-order valence-corrected chi connectivity index (χ0v) is 14.0. The van der Waals surface area contributed by atoms with Crippen molar-refractivity contribution in [2.24, 2.45) is 0 Å². The number of likely N-dealkylation sites (tertiary alicyclic amines) is 1. The molecule has 1 heterocycles. The zero-order chi connectivity index (χ0) is 18.0. The molecule has 0 aromatic heterocycles. The quantitative estimate of drug-likeness (QED) is 0.402. The number of nitrogens with zero attached hydrogens (tertiary/aromatic N) is 1. The minimum absolute atomic E-state index is 0.113. The van der Waals surface area contributed by atoms with E-state index in [9.17, 15) is 14.7 Å². The maximum atomic E-state index is 12.6. The predicted molar refractivity (Wildman–Crippen MR) is 96.8 cm³/mol. The Morgan fingerprint density at radius 1 is 1.12 bits per heavy atom. The van der Waals surface area contributed by atoms with Gasteiger partial charge in [-0.15, -0.1) is 6.58 Å². The highest BCUT2D eigenvalue weighted by atomic mass is 16.3. The summed E-state index contributed by atoms with van der Waals surface area (Å²) in [6.07, 6.45) is 1.58. The van der Waals surface area contributed by atoms with Crippen LogP contribution in [0.2, 0.25) is 0 Å². The summed E-state index contributed by atoms with van der Waals surface area (Å²) in [5, 5.41) is 10.8. The number of aryl methyl sites for hydroxylation is 1. The monoisotopic (exact) mass is 333 g/mol. The highest BCUT2D eigenvalue weighted by molar-refractivity contribution is 6.46. The molecule has 0 saturated carbocycles. The number of Topliss-reactive ketones (excluding diaryl/α,β-unsaturated/α-hetero) is 1. The SMILES string of the molecule is C=CCN1C(=O)C(=O)/C(=C(/O)c2ccc(C)cc2)C1c1ccccc1. The number of rotatable bonds is 4. The largest absolute Gasteiger partial charge is 0.507 e. The van der Waals surface area contributed by atoms with Gasteiger partial charge >= 0.3 is 0 Å². The first-order valence-electron chi connectivity index (χ1n) is 8.06. The molecule has 1 unspecified atom stereocenters. The summed E-state index contributed by atoms with van der Waals surface area (Å²) in [4.78, 5) is 26.5. The molecule has 1 aliphatic heterocycles. The van der Waals surface area contributed by atoms with Crippen molar-refractivity contribution >= 4 is 17.4 Å². The van der Waals surface area contributed by atoms with Crippen molar-refractivity contribution in [2.45, 2.75) is 13.0 Å². The summed E-state index contributed by atoms with van der Waals surface area (Å²) in [5.41, 5.74) is 2.45. The maximum absolute atomic E-state index is 12.6. The molecule has 0 aliphatic carbocycles. The van der Waals surface area contributed by atoms with Crippen LogP contribution in [0, 0.1) is 6.92 Å². The Bertz CT molecular complexity index is 850. The minimum atomic E-state index is -0.672. The Labute approximate surface area is 146 Å². The Morgan fingerprint density at radius 2 is 1.76 bits per heavy atom. The van der Waals surface area contributed by atoms with Crippen LogP contribution in [-0.4, -0.2) is 28.2 Å². The van der Waals surface area contributed by atoms with E-state index in [0.29, 0.717) is 5.56 Å². The summed E-state index contributed by atoms with van der Waals surface area (Å²) in [7, 11) is 0. The summed E-state index contributed by atoms with van der Waals surface area (Å²) in [6.45, 7) is 5.84. The smallest absolute Gasteiger partial charge is 0.295 e. The number of benzene rings is 2. The highest BCUT2D eigenvalue weighted by Crippen LogP contribution is 2.39. The lowest BCUT2D eigenvalue weighted by Crippen LogP contribution is -2.29. The summed E-state index contributed by atoms with van der Waals surface area (Å²) >= 11 is 0. The van der Waals surface area contributed by atoms with Crippen LogP contribution in [0.4, 0.5) is 0 Å². The van der Waals surface area contributed by atoms with Gasteiger partial charge in [-0.2, -0.15) is 0 Å². The number of carbonyl (C=O) groups excluding carboxylic acids is 2. The first-order valence-corrected chi connectivity index (χ1v) is 8.06. The van der Waals surface area contributed by atoms with Gasteiger partial charge in [0.2, 0.25) is 0 Å². The van der Waals surface area contributed by atoms with Gasteiger partial charge in [0.05, 0.1) is 11.6 Å². The lowest BCUT2D eigenvalue weighted by Gasteiger charge is -2.24. The van der Waals surface area contributed by atoms with Gasteiger partial charge in [0.25, 0.3) is 11.7 Å². The van der Waals surface area contributed by atoms with E-state index in [1.165, 1.54) is 4.90 Å². The number of ketones is 1. The fraction of sp³-hybridized carbons (Fsp3) is 0.143. The molecule has 2 aromatic rings. The fourth-order valence-corrected chi connectivity index (χ4v) is 3.06. The topological polar surface area (TPSA) is 57.6 Å². The average molecular weight is 333 g/mol. The van der Waals surface area contributed by atoms with Gasteiger partial charge in [-0.25, -0.2) is 0 Å². The van der Waals surface area contributed by atoms with E-state index in [1.807, 2.05) is 49.4 Å².